The number of hydrogen-bond donors (Lipinski definition) is 2. The van der Waals surface area contributed by atoms with Crippen LogP contribution in [-0.2, 0) is 26.0 Å². The summed E-state index contributed by atoms with van der Waals surface area (Å²) < 4.78 is 33.2. The minimum absolute atomic E-state index is 0.0135. The maximum Gasteiger partial charge on any atom is 0.238 e. The summed E-state index contributed by atoms with van der Waals surface area (Å²) in [6.07, 6.45) is 2.11. The lowest BCUT2D eigenvalue weighted by molar-refractivity contribution is -0.134. The third kappa shape index (κ3) is 6.45. The summed E-state index contributed by atoms with van der Waals surface area (Å²) in [4.78, 5) is 27.0. The molecule has 0 saturated carbocycles. The summed E-state index contributed by atoms with van der Waals surface area (Å²) >= 11 is 0. The molecule has 3 rings (SSSR count). The molecular formula is C23H29N3O6S. The molecule has 0 aromatic heterocycles. The molecule has 10 heteroatoms. The molecule has 0 spiro atoms. The summed E-state index contributed by atoms with van der Waals surface area (Å²) in [6, 6.07) is 11.3. The molecule has 178 valence electrons. The number of rotatable bonds is 8. The van der Waals surface area contributed by atoms with Crippen LogP contribution in [-0.4, -0.2) is 52.4 Å². The normalized spacial score (nSPS) is 14.6. The second-order valence-corrected chi connectivity index (χ2v) is 9.46. The topological polar surface area (TPSA) is 128 Å². The highest BCUT2D eigenvalue weighted by Crippen LogP contribution is 2.28. The van der Waals surface area contributed by atoms with E-state index in [0.29, 0.717) is 56.0 Å². The lowest BCUT2D eigenvalue weighted by Gasteiger charge is -2.31. The Labute approximate surface area is 193 Å². The Bertz CT molecular complexity index is 1090. The van der Waals surface area contributed by atoms with Crippen LogP contribution in [0.25, 0.3) is 0 Å². The van der Waals surface area contributed by atoms with Crippen LogP contribution in [0.5, 0.6) is 11.5 Å². The highest BCUT2D eigenvalue weighted by Gasteiger charge is 2.27. The third-order valence-corrected chi connectivity index (χ3v) is 6.67. The van der Waals surface area contributed by atoms with Crippen LogP contribution < -0.4 is 19.9 Å². The minimum atomic E-state index is -3.77. The smallest absolute Gasteiger partial charge is 0.238 e. The first-order valence-corrected chi connectivity index (χ1v) is 12.2. The predicted molar refractivity (Wildman–Crippen MR) is 124 cm³/mol. The van der Waals surface area contributed by atoms with E-state index in [1.54, 1.807) is 19.1 Å². The first-order valence-electron chi connectivity index (χ1n) is 10.6. The van der Waals surface area contributed by atoms with Gasteiger partial charge in [0.1, 0.15) is 0 Å². The minimum Gasteiger partial charge on any atom is -0.493 e. The SMILES string of the molecule is COc1ccc(CCC(=O)N2CCC(C(=O)Nc3ccc(S(N)(=O)=O)cc3)CC2)cc1OC. The van der Waals surface area contributed by atoms with Gasteiger partial charge < -0.3 is 19.7 Å². The van der Waals surface area contributed by atoms with Gasteiger partial charge in [-0.2, -0.15) is 0 Å². The molecule has 0 bridgehead atoms. The molecule has 0 aliphatic carbocycles. The number of benzene rings is 2. The van der Waals surface area contributed by atoms with E-state index in [9.17, 15) is 18.0 Å². The number of ether oxygens (including phenoxy) is 2. The molecule has 1 aliphatic rings. The summed E-state index contributed by atoms with van der Waals surface area (Å²) in [5, 5.41) is 7.88. The molecule has 1 fully saturated rings. The molecule has 1 heterocycles. The number of nitrogens with two attached hydrogens (primary N) is 1. The van der Waals surface area contributed by atoms with Crippen LogP contribution in [0.2, 0.25) is 0 Å². The fraction of sp³-hybridized carbons (Fsp3) is 0.391. The zero-order valence-electron chi connectivity index (χ0n) is 18.7. The van der Waals surface area contributed by atoms with Crippen LogP contribution in [0.3, 0.4) is 0 Å². The average molecular weight is 476 g/mol. The molecular weight excluding hydrogens is 446 g/mol. The van der Waals surface area contributed by atoms with Gasteiger partial charge in [-0.3, -0.25) is 9.59 Å². The van der Waals surface area contributed by atoms with E-state index >= 15 is 0 Å². The number of aryl methyl sites for hydroxylation is 1. The molecule has 0 radical (unpaired) electrons. The van der Waals surface area contributed by atoms with Crippen LogP contribution in [0.15, 0.2) is 47.4 Å². The van der Waals surface area contributed by atoms with E-state index in [2.05, 4.69) is 5.32 Å². The molecule has 0 atom stereocenters. The van der Waals surface area contributed by atoms with E-state index in [-0.39, 0.29) is 22.6 Å². The summed E-state index contributed by atoms with van der Waals surface area (Å²) in [5.74, 6) is 0.984. The van der Waals surface area contributed by atoms with Crippen molar-refractivity contribution in [3.8, 4) is 11.5 Å². The Hall–Kier alpha value is -3.11. The first kappa shape index (κ1) is 24.5. The highest BCUT2D eigenvalue weighted by molar-refractivity contribution is 7.89. The van der Waals surface area contributed by atoms with Crippen LogP contribution >= 0.6 is 0 Å². The number of hydrogen-bond acceptors (Lipinski definition) is 6. The molecule has 9 nitrogen and oxygen atoms in total. The van der Waals surface area contributed by atoms with Crippen molar-refractivity contribution in [2.24, 2.45) is 11.1 Å². The Morgan fingerprint density at radius 1 is 1.03 bits per heavy atom. The zero-order chi connectivity index (χ0) is 24.0. The standard InChI is InChI=1S/C23H29N3O6S/c1-31-20-9-3-16(15-21(20)32-2)4-10-22(27)26-13-11-17(12-14-26)23(28)25-18-5-7-19(8-6-18)33(24,29)30/h3,5-9,15,17H,4,10-14H2,1-2H3,(H,25,28)(H2,24,29,30). The van der Waals surface area contributed by atoms with Crippen molar-refractivity contribution in [1.82, 2.24) is 4.90 Å². The molecule has 2 aromatic rings. The highest BCUT2D eigenvalue weighted by atomic mass is 32.2. The number of carbonyl (C=O) groups excluding carboxylic acids is 2. The number of carbonyl (C=O) groups is 2. The molecule has 2 amide bonds. The molecule has 3 N–H and O–H groups in total. The summed E-state index contributed by atoms with van der Waals surface area (Å²) in [7, 11) is -0.620. The second kappa shape index (κ2) is 10.7. The summed E-state index contributed by atoms with van der Waals surface area (Å²) in [6.45, 7) is 1.04. The molecule has 2 aromatic carbocycles. The van der Waals surface area contributed by atoms with Crippen molar-refractivity contribution >= 4 is 27.5 Å². The van der Waals surface area contributed by atoms with Gasteiger partial charge in [-0.05, 0) is 61.2 Å². The van der Waals surface area contributed by atoms with Gasteiger partial charge in [0.25, 0.3) is 0 Å². The largest absolute Gasteiger partial charge is 0.493 e. The summed E-state index contributed by atoms with van der Waals surface area (Å²) in [5.41, 5.74) is 1.49. The van der Waals surface area contributed by atoms with E-state index in [0.717, 1.165) is 5.56 Å². The van der Waals surface area contributed by atoms with Crippen molar-refractivity contribution in [1.29, 1.82) is 0 Å². The van der Waals surface area contributed by atoms with Gasteiger partial charge in [0, 0.05) is 31.1 Å². The van der Waals surface area contributed by atoms with Gasteiger partial charge in [-0.15, -0.1) is 0 Å². The van der Waals surface area contributed by atoms with Gasteiger partial charge in [0.05, 0.1) is 19.1 Å². The number of piperidine rings is 1. The zero-order valence-corrected chi connectivity index (χ0v) is 19.6. The Kier molecular flexibility index (Phi) is 7.93. The van der Waals surface area contributed by atoms with Gasteiger partial charge in [-0.25, -0.2) is 13.6 Å². The fourth-order valence-electron chi connectivity index (χ4n) is 3.81. The van der Waals surface area contributed by atoms with E-state index in [1.807, 2.05) is 18.2 Å². The predicted octanol–water partition coefficient (Wildman–Crippen LogP) is 2.16. The van der Waals surface area contributed by atoms with Gasteiger partial charge >= 0.3 is 0 Å². The Balaban J connectivity index is 1.47. The number of amides is 2. The Morgan fingerprint density at radius 2 is 1.67 bits per heavy atom. The van der Waals surface area contributed by atoms with Gasteiger partial charge in [0.2, 0.25) is 21.8 Å². The van der Waals surface area contributed by atoms with E-state index in [4.69, 9.17) is 14.6 Å². The van der Waals surface area contributed by atoms with Crippen molar-refractivity contribution < 1.29 is 27.5 Å². The molecule has 1 saturated heterocycles. The number of nitrogens with zero attached hydrogens (tertiary/aromatic N) is 1. The van der Waals surface area contributed by atoms with Crippen LogP contribution in [0, 0.1) is 5.92 Å². The van der Waals surface area contributed by atoms with Crippen LogP contribution in [0.4, 0.5) is 5.69 Å². The number of methoxy groups -OCH3 is 2. The van der Waals surface area contributed by atoms with Gasteiger partial charge in [0.15, 0.2) is 11.5 Å². The van der Waals surface area contributed by atoms with Crippen LogP contribution in [0.1, 0.15) is 24.8 Å². The number of nitrogens with one attached hydrogen (secondary N) is 1. The number of primary sulfonamides is 1. The van der Waals surface area contributed by atoms with Crippen molar-refractivity contribution in [3.63, 3.8) is 0 Å². The van der Waals surface area contributed by atoms with Crippen molar-refractivity contribution in [3.05, 3.63) is 48.0 Å². The monoisotopic (exact) mass is 475 g/mol. The fourth-order valence-corrected chi connectivity index (χ4v) is 4.32. The quantitative estimate of drug-likeness (QED) is 0.602. The first-order chi connectivity index (χ1) is 15.7. The van der Waals surface area contributed by atoms with E-state index < -0.39 is 10.0 Å². The molecule has 1 aliphatic heterocycles. The maximum absolute atomic E-state index is 12.6. The number of anilines is 1. The number of likely N-dealkylation sites (tertiary alicyclic amines) is 1. The average Bonchev–Trinajstić information content (AvgIpc) is 2.82. The van der Waals surface area contributed by atoms with E-state index in [1.165, 1.54) is 24.3 Å². The lowest BCUT2D eigenvalue weighted by Crippen LogP contribution is -2.41. The van der Waals surface area contributed by atoms with Crippen molar-refractivity contribution in [2.45, 2.75) is 30.6 Å². The van der Waals surface area contributed by atoms with Gasteiger partial charge in [-0.1, -0.05) is 6.07 Å². The second-order valence-electron chi connectivity index (χ2n) is 7.90. The van der Waals surface area contributed by atoms with Crippen molar-refractivity contribution in [2.75, 3.05) is 32.6 Å². The maximum atomic E-state index is 12.6. The third-order valence-electron chi connectivity index (χ3n) is 5.74. The molecule has 33 heavy (non-hydrogen) atoms. The molecule has 0 unspecified atom stereocenters. The Morgan fingerprint density at radius 3 is 2.24 bits per heavy atom. The lowest BCUT2D eigenvalue weighted by atomic mass is 9.95. The number of sulfonamides is 1.